The van der Waals surface area contributed by atoms with Crippen LogP contribution in [-0.4, -0.2) is 7.05 Å². The van der Waals surface area contributed by atoms with Crippen LogP contribution in [-0.2, 0) is 0 Å². The van der Waals surface area contributed by atoms with Crippen molar-refractivity contribution in [1.29, 1.82) is 0 Å². The highest BCUT2D eigenvalue weighted by Gasteiger charge is 1.49. The molecule has 0 saturated carbocycles. The Hall–Kier alpha value is -0.460. The third-order valence-electron chi connectivity index (χ3n) is 0.298. The Morgan fingerprint density at radius 1 is 1.60 bits per heavy atom. The topological polar surface area (TPSA) is 14.1 Å². The van der Waals surface area contributed by atoms with Crippen LogP contribution in [0.15, 0.2) is 12.3 Å². The maximum absolute atomic E-state index is 3.67. The zero-order valence-electron chi connectivity index (χ0n) is 3.60. The van der Waals surface area contributed by atoms with E-state index in [4.69, 9.17) is 0 Å². The molecule has 1 nitrogen and oxygen atoms in total. The Labute approximate surface area is 32.7 Å². The van der Waals surface area contributed by atoms with Crippen LogP contribution in [0.5, 0.6) is 0 Å². The summed E-state index contributed by atoms with van der Waals surface area (Å²) in [7, 11) is 1.75. The monoisotopic (exact) mass is 70.1 g/mol. The molecule has 0 aromatic carbocycles. The van der Waals surface area contributed by atoms with Gasteiger partial charge in [0.15, 0.2) is 0 Å². The van der Waals surface area contributed by atoms with E-state index in [2.05, 4.69) is 5.32 Å². The largest absolute Gasteiger partial charge is 0.297 e. The van der Waals surface area contributed by atoms with Gasteiger partial charge < -0.3 is 0 Å². The van der Waals surface area contributed by atoms with Gasteiger partial charge in [-0.3, -0.25) is 5.32 Å². The Bertz CT molecular complexity index is 30.6. The molecule has 0 aliphatic carbocycles. The highest BCUT2D eigenvalue weighted by atomic mass is 14.8. The van der Waals surface area contributed by atoms with Gasteiger partial charge in [-0.2, -0.15) is 0 Å². The van der Waals surface area contributed by atoms with E-state index in [0.717, 1.165) is 0 Å². The van der Waals surface area contributed by atoms with Crippen molar-refractivity contribution < 1.29 is 0 Å². The minimum Gasteiger partial charge on any atom is -0.297 e. The molecule has 0 aliphatic heterocycles. The molecule has 29 valence electrons. The van der Waals surface area contributed by atoms with Crippen molar-refractivity contribution in [3.63, 3.8) is 0 Å². The molecule has 0 aliphatic rings. The van der Waals surface area contributed by atoms with Crippen molar-refractivity contribution in [3.05, 3.63) is 12.3 Å². The van der Waals surface area contributed by atoms with Crippen LogP contribution in [0.1, 0.15) is 6.92 Å². The van der Waals surface area contributed by atoms with Crippen LogP contribution in [0.3, 0.4) is 0 Å². The van der Waals surface area contributed by atoms with Crippen LogP contribution in [0.4, 0.5) is 0 Å². The predicted octanol–water partition coefficient (Wildman–Crippen LogP) is 0.754. The molecule has 0 aromatic heterocycles. The third kappa shape index (κ3) is 3.54. The van der Waals surface area contributed by atoms with Crippen molar-refractivity contribution in [2.45, 2.75) is 6.92 Å². The molecule has 0 unspecified atom stereocenters. The van der Waals surface area contributed by atoms with Gasteiger partial charge >= 0.3 is 0 Å². The number of hydrogen-bond donors (Lipinski definition) is 0. The van der Waals surface area contributed by atoms with Gasteiger partial charge in [0.05, 0.1) is 0 Å². The van der Waals surface area contributed by atoms with E-state index in [1.165, 1.54) is 0 Å². The number of hydrogen-bond acceptors (Lipinski definition) is 0. The van der Waals surface area contributed by atoms with Crippen LogP contribution in [0, 0.1) is 0 Å². The molecular formula is C4H8N. The standard InChI is InChI=1S/C4H8N/c1-3-4-5-2/h3-4H,1-2H3. The summed E-state index contributed by atoms with van der Waals surface area (Å²) in [6, 6.07) is 0. The van der Waals surface area contributed by atoms with E-state index >= 15 is 0 Å². The van der Waals surface area contributed by atoms with Crippen LogP contribution < -0.4 is 5.32 Å². The molecule has 0 heterocycles. The molecule has 0 N–H and O–H groups in total. The van der Waals surface area contributed by atoms with Gasteiger partial charge in [0.25, 0.3) is 0 Å². The molecule has 0 fully saturated rings. The van der Waals surface area contributed by atoms with Gasteiger partial charge in [-0.15, -0.1) is 0 Å². The first-order valence-electron chi connectivity index (χ1n) is 1.62. The summed E-state index contributed by atoms with van der Waals surface area (Å²) in [5.41, 5.74) is 0. The molecule has 1 radical (unpaired) electrons. The fourth-order valence-electron chi connectivity index (χ4n) is 0.149. The lowest BCUT2D eigenvalue weighted by Crippen LogP contribution is -1.76. The van der Waals surface area contributed by atoms with Crippen LogP contribution >= 0.6 is 0 Å². The highest BCUT2D eigenvalue weighted by Crippen LogP contribution is 1.56. The number of rotatable bonds is 1. The summed E-state index contributed by atoms with van der Waals surface area (Å²) in [6.45, 7) is 1.94. The van der Waals surface area contributed by atoms with Crippen LogP contribution in [0.25, 0.3) is 0 Å². The zero-order chi connectivity index (χ0) is 4.12. The second kappa shape index (κ2) is 3.54. The smallest absolute Gasteiger partial charge is 0.0276 e. The minimum atomic E-state index is 1.75. The lowest BCUT2D eigenvalue weighted by Gasteiger charge is -1.69. The lowest BCUT2D eigenvalue weighted by atomic mass is 10.7. The predicted molar refractivity (Wildman–Crippen MR) is 22.9 cm³/mol. The molecule has 0 rings (SSSR count). The first-order chi connectivity index (χ1) is 2.41. The summed E-state index contributed by atoms with van der Waals surface area (Å²) in [5.74, 6) is 0. The summed E-state index contributed by atoms with van der Waals surface area (Å²) < 4.78 is 0. The minimum absolute atomic E-state index is 1.75. The summed E-state index contributed by atoms with van der Waals surface area (Å²) in [5, 5.41) is 3.67. The van der Waals surface area contributed by atoms with Gasteiger partial charge in [0.2, 0.25) is 0 Å². The third-order valence-corrected chi connectivity index (χ3v) is 0.298. The average molecular weight is 70.1 g/mol. The molecule has 1 heteroatoms. The average Bonchev–Trinajstić information content (AvgIpc) is 1.41. The molecule has 0 saturated heterocycles. The summed E-state index contributed by atoms with van der Waals surface area (Å²) in [6.07, 6.45) is 3.64. The van der Waals surface area contributed by atoms with Gasteiger partial charge in [0, 0.05) is 13.2 Å². The van der Waals surface area contributed by atoms with Crippen molar-refractivity contribution in [1.82, 2.24) is 5.32 Å². The van der Waals surface area contributed by atoms with Crippen molar-refractivity contribution in [3.8, 4) is 0 Å². The van der Waals surface area contributed by atoms with Crippen molar-refractivity contribution in [2.75, 3.05) is 7.05 Å². The Kier molecular flexibility index (Phi) is 3.21. The fraction of sp³-hybridized carbons (Fsp3) is 0.500. The molecule has 5 heavy (non-hydrogen) atoms. The fourth-order valence-corrected chi connectivity index (χ4v) is 0.149. The number of allylic oxidation sites excluding steroid dienone is 1. The second-order valence-electron chi connectivity index (χ2n) is 0.741. The van der Waals surface area contributed by atoms with Crippen molar-refractivity contribution >= 4 is 0 Å². The maximum atomic E-state index is 3.67. The zero-order valence-corrected chi connectivity index (χ0v) is 3.60. The Morgan fingerprint density at radius 2 is 2.20 bits per heavy atom. The SMILES string of the molecule is CC=C[N]C. The van der Waals surface area contributed by atoms with Gasteiger partial charge in [0.1, 0.15) is 0 Å². The molecular weight excluding hydrogens is 62.1 g/mol. The Balaban J connectivity index is 2.62. The number of nitrogens with zero attached hydrogens (tertiary/aromatic N) is 1. The summed E-state index contributed by atoms with van der Waals surface area (Å²) in [4.78, 5) is 0. The van der Waals surface area contributed by atoms with E-state index in [9.17, 15) is 0 Å². The quantitative estimate of drug-likeness (QED) is 0.432. The van der Waals surface area contributed by atoms with E-state index in [-0.39, 0.29) is 0 Å². The molecule has 0 spiro atoms. The Morgan fingerprint density at radius 3 is 2.20 bits per heavy atom. The van der Waals surface area contributed by atoms with Crippen LogP contribution in [0.2, 0.25) is 0 Å². The van der Waals surface area contributed by atoms with Gasteiger partial charge in [-0.05, 0) is 6.92 Å². The first-order valence-corrected chi connectivity index (χ1v) is 1.62. The second-order valence-corrected chi connectivity index (χ2v) is 0.741. The molecule has 0 aromatic rings. The first kappa shape index (κ1) is 4.54. The summed E-state index contributed by atoms with van der Waals surface area (Å²) >= 11 is 0. The normalized spacial score (nSPS) is 9.20. The van der Waals surface area contributed by atoms with E-state index in [1.54, 1.807) is 13.2 Å². The molecule has 0 bridgehead atoms. The molecule has 0 atom stereocenters. The van der Waals surface area contributed by atoms with Gasteiger partial charge in [-0.25, -0.2) is 0 Å². The van der Waals surface area contributed by atoms with Gasteiger partial charge in [-0.1, -0.05) is 6.08 Å². The lowest BCUT2D eigenvalue weighted by molar-refractivity contribution is 1.07. The highest BCUT2D eigenvalue weighted by molar-refractivity contribution is 4.69. The van der Waals surface area contributed by atoms with E-state index < -0.39 is 0 Å². The molecule has 0 amide bonds. The van der Waals surface area contributed by atoms with Crippen molar-refractivity contribution in [2.24, 2.45) is 0 Å². The van der Waals surface area contributed by atoms with E-state index in [0.29, 0.717) is 0 Å². The van der Waals surface area contributed by atoms with E-state index in [1.807, 2.05) is 13.0 Å². The maximum Gasteiger partial charge on any atom is 0.0276 e.